The minimum absolute atomic E-state index is 0.115. The number of allylic oxidation sites excluding steroid dienone is 1. The predicted molar refractivity (Wildman–Crippen MR) is 85.4 cm³/mol. The van der Waals surface area contributed by atoms with Crippen LogP contribution in [0.15, 0.2) is 53.2 Å². The van der Waals surface area contributed by atoms with Gasteiger partial charge in [-0.3, -0.25) is 0 Å². The average molecular weight is 310 g/mol. The van der Waals surface area contributed by atoms with E-state index in [-0.39, 0.29) is 11.8 Å². The molecule has 1 aliphatic rings. The van der Waals surface area contributed by atoms with Crippen molar-refractivity contribution in [2.24, 2.45) is 5.73 Å². The maximum Gasteiger partial charge on any atom is 0.205 e. The largest absolute Gasteiger partial charge is 0.439 e. The second-order valence-corrected chi connectivity index (χ2v) is 6.79. The van der Waals surface area contributed by atoms with Crippen LogP contribution in [-0.4, -0.2) is 0 Å². The van der Waals surface area contributed by atoms with Crippen molar-refractivity contribution in [1.29, 1.82) is 5.26 Å². The Kier molecular flexibility index (Phi) is 2.74. The van der Waals surface area contributed by atoms with E-state index in [0.717, 1.165) is 25.6 Å². The normalized spacial score (nSPS) is 17.4. The molecular formula is C16H10N2OS2. The first-order valence-corrected chi connectivity index (χ1v) is 8.11. The summed E-state index contributed by atoms with van der Waals surface area (Å²) in [6, 6.07) is 14.3. The van der Waals surface area contributed by atoms with Gasteiger partial charge in [-0.2, -0.15) is 5.26 Å². The topological polar surface area (TPSA) is 59.0 Å². The zero-order valence-electron chi connectivity index (χ0n) is 10.9. The maximum absolute atomic E-state index is 9.47. The van der Waals surface area contributed by atoms with Crippen LogP contribution in [-0.2, 0) is 0 Å². The number of fused-ring (bicyclic) bond motifs is 3. The summed E-state index contributed by atoms with van der Waals surface area (Å²) in [6.07, 6.45) is 0. The molecule has 21 heavy (non-hydrogen) atoms. The fourth-order valence-electron chi connectivity index (χ4n) is 2.62. The summed E-state index contributed by atoms with van der Waals surface area (Å²) in [5, 5.41) is 12.5. The number of nitriles is 1. The van der Waals surface area contributed by atoms with E-state index in [2.05, 4.69) is 12.1 Å². The minimum Gasteiger partial charge on any atom is -0.439 e. The van der Waals surface area contributed by atoms with Crippen LogP contribution in [0.2, 0.25) is 0 Å². The Bertz CT molecular complexity index is 900. The number of thiophene rings is 2. The molecule has 4 rings (SSSR count). The van der Waals surface area contributed by atoms with Crippen molar-refractivity contribution < 1.29 is 4.74 Å². The molecular weight excluding hydrogens is 300 g/mol. The molecule has 1 aliphatic heterocycles. The zero-order valence-corrected chi connectivity index (χ0v) is 12.5. The van der Waals surface area contributed by atoms with Gasteiger partial charge in [-0.1, -0.05) is 18.2 Å². The maximum atomic E-state index is 9.47. The van der Waals surface area contributed by atoms with Crippen LogP contribution in [0, 0.1) is 11.3 Å². The highest BCUT2D eigenvalue weighted by Gasteiger charge is 2.34. The van der Waals surface area contributed by atoms with Crippen molar-refractivity contribution in [3.63, 3.8) is 0 Å². The number of ether oxygens (including phenoxy) is 1. The van der Waals surface area contributed by atoms with E-state index in [1.54, 1.807) is 22.7 Å². The quantitative estimate of drug-likeness (QED) is 0.733. The average Bonchev–Trinajstić information content (AvgIpc) is 3.13. The summed E-state index contributed by atoms with van der Waals surface area (Å²) in [7, 11) is 0. The van der Waals surface area contributed by atoms with Crippen LogP contribution >= 0.6 is 22.7 Å². The number of hydrogen-bond donors (Lipinski definition) is 1. The molecule has 0 amide bonds. The Labute approximate surface area is 129 Å². The Balaban J connectivity index is 2.03. The standard InChI is InChI=1S/C16H10N2OS2/c17-8-10-13(12-6-3-7-20-12)15-14(19-16(10)18)9-4-1-2-5-11(9)21-15/h1-7,13H,18H2. The third-order valence-corrected chi connectivity index (χ3v) is 5.71. The fourth-order valence-corrected chi connectivity index (χ4v) is 4.80. The molecule has 2 aromatic heterocycles. The van der Waals surface area contributed by atoms with Gasteiger partial charge in [0.25, 0.3) is 0 Å². The summed E-state index contributed by atoms with van der Waals surface area (Å²) in [6.45, 7) is 0. The van der Waals surface area contributed by atoms with E-state index in [4.69, 9.17) is 10.5 Å². The molecule has 5 heteroatoms. The molecule has 1 atom stereocenters. The molecule has 3 nitrogen and oxygen atoms in total. The minimum atomic E-state index is -0.115. The molecule has 0 spiro atoms. The van der Waals surface area contributed by atoms with Gasteiger partial charge in [0.1, 0.15) is 11.6 Å². The molecule has 1 aromatic carbocycles. The van der Waals surface area contributed by atoms with Gasteiger partial charge in [0.15, 0.2) is 5.75 Å². The molecule has 3 heterocycles. The van der Waals surface area contributed by atoms with Crippen molar-refractivity contribution >= 4 is 32.8 Å². The molecule has 2 N–H and O–H groups in total. The van der Waals surface area contributed by atoms with Crippen molar-refractivity contribution in [3.05, 3.63) is 63.0 Å². The molecule has 0 bridgehead atoms. The lowest BCUT2D eigenvalue weighted by Crippen LogP contribution is -2.19. The molecule has 0 radical (unpaired) electrons. The molecule has 0 aliphatic carbocycles. The smallest absolute Gasteiger partial charge is 0.205 e. The van der Waals surface area contributed by atoms with Gasteiger partial charge in [0, 0.05) is 15.0 Å². The van der Waals surface area contributed by atoms with Gasteiger partial charge < -0.3 is 10.5 Å². The monoisotopic (exact) mass is 310 g/mol. The number of hydrogen-bond acceptors (Lipinski definition) is 5. The molecule has 102 valence electrons. The van der Waals surface area contributed by atoms with Crippen LogP contribution < -0.4 is 10.5 Å². The van der Waals surface area contributed by atoms with E-state index >= 15 is 0 Å². The lowest BCUT2D eigenvalue weighted by atomic mass is 9.94. The highest BCUT2D eigenvalue weighted by molar-refractivity contribution is 7.19. The molecule has 0 fully saturated rings. The number of rotatable bonds is 1. The number of nitrogens with two attached hydrogens (primary N) is 1. The van der Waals surface area contributed by atoms with Crippen molar-refractivity contribution in [2.75, 3.05) is 0 Å². The van der Waals surface area contributed by atoms with E-state index in [1.807, 2.05) is 35.7 Å². The Morgan fingerprint density at radius 1 is 1.19 bits per heavy atom. The van der Waals surface area contributed by atoms with Gasteiger partial charge in [-0.15, -0.1) is 22.7 Å². The Hall–Kier alpha value is -2.29. The van der Waals surface area contributed by atoms with Crippen molar-refractivity contribution in [3.8, 4) is 11.8 Å². The summed E-state index contributed by atoms with van der Waals surface area (Å²) < 4.78 is 6.92. The Morgan fingerprint density at radius 2 is 2.05 bits per heavy atom. The van der Waals surface area contributed by atoms with Gasteiger partial charge in [0.05, 0.1) is 10.8 Å². The van der Waals surface area contributed by atoms with Gasteiger partial charge in [-0.05, 0) is 23.6 Å². The summed E-state index contributed by atoms with van der Waals surface area (Å²) in [5.41, 5.74) is 6.49. The summed E-state index contributed by atoms with van der Waals surface area (Å²) in [5.74, 6) is 0.897. The third-order valence-electron chi connectivity index (χ3n) is 3.55. The first kappa shape index (κ1) is 12.5. The lowest BCUT2D eigenvalue weighted by molar-refractivity contribution is 0.402. The summed E-state index contributed by atoms with van der Waals surface area (Å²) >= 11 is 3.30. The van der Waals surface area contributed by atoms with Crippen LogP contribution in [0.25, 0.3) is 10.1 Å². The highest BCUT2D eigenvalue weighted by Crippen LogP contribution is 2.50. The number of nitrogens with zero attached hydrogens (tertiary/aromatic N) is 1. The van der Waals surface area contributed by atoms with Gasteiger partial charge >= 0.3 is 0 Å². The number of benzene rings is 1. The second-order valence-electron chi connectivity index (χ2n) is 4.73. The van der Waals surface area contributed by atoms with Crippen molar-refractivity contribution in [2.45, 2.75) is 5.92 Å². The van der Waals surface area contributed by atoms with Crippen LogP contribution in [0.5, 0.6) is 5.75 Å². The van der Waals surface area contributed by atoms with E-state index in [9.17, 15) is 5.26 Å². The first-order valence-electron chi connectivity index (χ1n) is 6.42. The van der Waals surface area contributed by atoms with Gasteiger partial charge in [-0.25, -0.2) is 0 Å². The zero-order chi connectivity index (χ0) is 14.4. The predicted octanol–water partition coefficient (Wildman–Crippen LogP) is 4.18. The van der Waals surface area contributed by atoms with Crippen molar-refractivity contribution in [1.82, 2.24) is 0 Å². The van der Waals surface area contributed by atoms with Crippen LogP contribution in [0.4, 0.5) is 0 Å². The van der Waals surface area contributed by atoms with Crippen LogP contribution in [0.1, 0.15) is 15.7 Å². The SMILES string of the molecule is N#CC1=C(N)Oc2c(sc3ccccc23)C1c1cccs1. The molecule has 0 saturated carbocycles. The van der Waals surface area contributed by atoms with E-state index in [0.29, 0.717) is 5.57 Å². The molecule has 0 saturated heterocycles. The summed E-state index contributed by atoms with van der Waals surface area (Å²) in [4.78, 5) is 2.18. The molecule has 3 aromatic rings. The van der Waals surface area contributed by atoms with Gasteiger partial charge in [0.2, 0.25) is 5.88 Å². The molecule has 1 unspecified atom stereocenters. The van der Waals surface area contributed by atoms with E-state index in [1.165, 1.54) is 0 Å². The first-order chi connectivity index (χ1) is 10.3. The van der Waals surface area contributed by atoms with Crippen LogP contribution in [0.3, 0.4) is 0 Å². The second kappa shape index (κ2) is 4.62. The fraction of sp³-hybridized carbons (Fsp3) is 0.0625. The Morgan fingerprint density at radius 3 is 2.81 bits per heavy atom. The third kappa shape index (κ3) is 1.77. The lowest BCUT2D eigenvalue weighted by Gasteiger charge is -2.22. The van der Waals surface area contributed by atoms with E-state index < -0.39 is 0 Å². The highest BCUT2D eigenvalue weighted by atomic mass is 32.1.